The standard InChI is InChI=1S/C12H15N3O2/c1-4-17-12(16)8-5-9(13)11-10(6-8)15(3)7(2)14-11/h5-6H,4,13H2,1-3H3. The number of hydrogen-bond acceptors (Lipinski definition) is 4. The first-order chi connectivity index (χ1) is 8.04. The van der Waals surface area contributed by atoms with Crippen molar-refractivity contribution in [2.75, 3.05) is 12.3 Å². The van der Waals surface area contributed by atoms with Crippen molar-refractivity contribution in [3.05, 3.63) is 23.5 Å². The Morgan fingerprint density at radius 3 is 2.88 bits per heavy atom. The molecule has 0 bridgehead atoms. The van der Waals surface area contributed by atoms with E-state index < -0.39 is 0 Å². The fourth-order valence-corrected chi connectivity index (χ4v) is 1.76. The van der Waals surface area contributed by atoms with Gasteiger partial charge in [-0.1, -0.05) is 0 Å². The minimum atomic E-state index is -0.361. The first-order valence-corrected chi connectivity index (χ1v) is 5.44. The number of nitrogens with two attached hydrogens (primary N) is 1. The van der Waals surface area contributed by atoms with E-state index in [9.17, 15) is 4.79 Å². The van der Waals surface area contributed by atoms with Gasteiger partial charge in [0.1, 0.15) is 11.3 Å². The number of hydrogen-bond donors (Lipinski definition) is 1. The van der Waals surface area contributed by atoms with Crippen molar-refractivity contribution in [1.29, 1.82) is 0 Å². The van der Waals surface area contributed by atoms with Crippen LogP contribution in [0.2, 0.25) is 0 Å². The maximum absolute atomic E-state index is 11.7. The summed E-state index contributed by atoms with van der Waals surface area (Å²) in [5.74, 6) is 0.493. The zero-order valence-corrected chi connectivity index (χ0v) is 10.2. The van der Waals surface area contributed by atoms with Crippen molar-refractivity contribution in [3.63, 3.8) is 0 Å². The summed E-state index contributed by atoms with van der Waals surface area (Å²) in [7, 11) is 1.89. The second kappa shape index (κ2) is 4.08. The molecule has 5 heteroatoms. The number of aromatic nitrogens is 2. The van der Waals surface area contributed by atoms with Gasteiger partial charge in [-0.25, -0.2) is 9.78 Å². The third-order valence-corrected chi connectivity index (χ3v) is 2.75. The molecule has 0 spiro atoms. The Bertz CT molecular complexity index is 587. The van der Waals surface area contributed by atoms with Crippen LogP contribution in [0.3, 0.4) is 0 Å². The number of benzene rings is 1. The molecule has 0 unspecified atom stereocenters. The summed E-state index contributed by atoms with van der Waals surface area (Å²) in [6.07, 6.45) is 0. The van der Waals surface area contributed by atoms with E-state index in [0.717, 1.165) is 16.9 Å². The Balaban J connectivity index is 2.61. The number of imidazole rings is 1. The number of nitrogen functional groups attached to an aromatic ring is 1. The molecular formula is C12H15N3O2. The van der Waals surface area contributed by atoms with Crippen LogP contribution in [0.4, 0.5) is 5.69 Å². The van der Waals surface area contributed by atoms with Crippen LogP contribution in [-0.4, -0.2) is 22.1 Å². The van der Waals surface area contributed by atoms with Gasteiger partial charge in [0.25, 0.3) is 0 Å². The number of carbonyl (C=O) groups excluding carboxylic acids is 1. The van der Waals surface area contributed by atoms with Crippen LogP contribution in [-0.2, 0) is 11.8 Å². The molecule has 0 atom stereocenters. The summed E-state index contributed by atoms with van der Waals surface area (Å²) in [5.41, 5.74) is 8.40. The summed E-state index contributed by atoms with van der Waals surface area (Å²) < 4.78 is 6.85. The van der Waals surface area contributed by atoms with Gasteiger partial charge in [0.15, 0.2) is 0 Å². The highest BCUT2D eigenvalue weighted by Gasteiger charge is 2.13. The van der Waals surface area contributed by atoms with Crippen LogP contribution in [0.25, 0.3) is 11.0 Å². The van der Waals surface area contributed by atoms with E-state index in [1.165, 1.54) is 0 Å². The number of fused-ring (bicyclic) bond motifs is 1. The molecule has 90 valence electrons. The molecule has 1 aromatic heterocycles. The lowest BCUT2D eigenvalue weighted by atomic mass is 10.1. The number of anilines is 1. The quantitative estimate of drug-likeness (QED) is 0.632. The Labute approximate surface area is 99.2 Å². The van der Waals surface area contributed by atoms with Crippen LogP contribution in [0, 0.1) is 6.92 Å². The molecule has 2 N–H and O–H groups in total. The summed E-state index contributed by atoms with van der Waals surface area (Å²) in [5, 5.41) is 0. The van der Waals surface area contributed by atoms with Crippen molar-refractivity contribution in [1.82, 2.24) is 9.55 Å². The van der Waals surface area contributed by atoms with Crippen LogP contribution in [0.5, 0.6) is 0 Å². The lowest BCUT2D eigenvalue weighted by Crippen LogP contribution is -2.05. The SMILES string of the molecule is CCOC(=O)c1cc(N)c2nc(C)n(C)c2c1. The molecule has 0 fully saturated rings. The van der Waals surface area contributed by atoms with Crippen molar-refractivity contribution < 1.29 is 9.53 Å². The van der Waals surface area contributed by atoms with E-state index in [-0.39, 0.29) is 5.97 Å². The van der Waals surface area contributed by atoms with Crippen molar-refractivity contribution in [2.45, 2.75) is 13.8 Å². The maximum Gasteiger partial charge on any atom is 0.338 e. The summed E-state index contributed by atoms with van der Waals surface area (Å²) >= 11 is 0. The monoisotopic (exact) mass is 233 g/mol. The fourth-order valence-electron chi connectivity index (χ4n) is 1.76. The minimum absolute atomic E-state index is 0.348. The number of rotatable bonds is 2. The molecule has 0 radical (unpaired) electrons. The molecule has 0 saturated heterocycles. The van der Waals surface area contributed by atoms with Gasteiger partial charge in [-0.3, -0.25) is 0 Å². The van der Waals surface area contributed by atoms with Crippen LogP contribution in [0.15, 0.2) is 12.1 Å². The topological polar surface area (TPSA) is 70.1 Å². The molecule has 5 nitrogen and oxygen atoms in total. The van der Waals surface area contributed by atoms with E-state index in [1.54, 1.807) is 19.1 Å². The second-order valence-electron chi connectivity index (χ2n) is 3.87. The minimum Gasteiger partial charge on any atom is -0.462 e. The normalized spacial score (nSPS) is 10.8. The number of esters is 1. The predicted molar refractivity (Wildman–Crippen MR) is 65.8 cm³/mol. The molecule has 1 aromatic carbocycles. The van der Waals surface area contributed by atoms with Gasteiger partial charge < -0.3 is 15.0 Å². The Hall–Kier alpha value is -2.04. The average Bonchev–Trinajstić information content (AvgIpc) is 2.57. The Kier molecular flexibility index (Phi) is 2.75. The third kappa shape index (κ3) is 1.84. The first kappa shape index (κ1) is 11.4. The third-order valence-electron chi connectivity index (χ3n) is 2.75. The van der Waals surface area contributed by atoms with Crippen molar-refractivity contribution >= 4 is 22.7 Å². The number of ether oxygens (including phenoxy) is 1. The lowest BCUT2D eigenvalue weighted by molar-refractivity contribution is 0.0526. The van der Waals surface area contributed by atoms with Crippen LogP contribution in [0.1, 0.15) is 23.1 Å². The van der Waals surface area contributed by atoms with E-state index >= 15 is 0 Å². The van der Waals surface area contributed by atoms with E-state index in [2.05, 4.69) is 4.98 Å². The van der Waals surface area contributed by atoms with Gasteiger partial charge in [0.05, 0.1) is 23.4 Å². The Morgan fingerprint density at radius 2 is 2.24 bits per heavy atom. The number of aryl methyl sites for hydroxylation is 2. The molecule has 1 heterocycles. The molecule has 0 aliphatic carbocycles. The molecule has 0 amide bonds. The van der Waals surface area contributed by atoms with Gasteiger partial charge >= 0.3 is 5.97 Å². The van der Waals surface area contributed by atoms with Crippen LogP contribution < -0.4 is 5.73 Å². The van der Waals surface area contributed by atoms with Crippen molar-refractivity contribution in [2.24, 2.45) is 7.05 Å². The summed E-state index contributed by atoms with van der Waals surface area (Å²) in [6, 6.07) is 3.36. The van der Waals surface area contributed by atoms with Gasteiger partial charge in [0, 0.05) is 7.05 Å². The smallest absolute Gasteiger partial charge is 0.338 e. The lowest BCUT2D eigenvalue weighted by Gasteiger charge is -2.04. The Morgan fingerprint density at radius 1 is 1.53 bits per heavy atom. The molecular weight excluding hydrogens is 218 g/mol. The molecule has 0 aliphatic rings. The van der Waals surface area contributed by atoms with Gasteiger partial charge in [-0.05, 0) is 26.0 Å². The van der Waals surface area contributed by atoms with Gasteiger partial charge in [0.2, 0.25) is 0 Å². The van der Waals surface area contributed by atoms with E-state index in [0.29, 0.717) is 17.9 Å². The highest BCUT2D eigenvalue weighted by Crippen LogP contribution is 2.23. The zero-order valence-electron chi connectivity index (χ0n) is 10.2. The molecule has 17 heavy (non-hydrogen) atoms. The zero-order chi connectivity index (χ0) is 12.6. The summed E-state index contributed by atoms with van der Waals surface area (Å²) in [6.45, 7) is 4.01. The average molecular weight is 233 g/mol. The summed E-state index contributed by atoms with van der Waals surface area (Å²) in [4.78, 5) is 16.0. The predicted octanol–water partition coefficient (Wildman–Crippen LogP) is 1.64. The molecule has 0 saturated carbocycles. The van der Waals surface area contributed by atoms with Crippen molar-refractivity contribution in [3.8, 4) is 0 Å². The van der Waals surface area contributed by atoms with E-state index in [4.69, 9.17) is 10.5 Å². The molecule has 2 aromatic rings. The second-order valence-corrected chi connectivity index (χ2v) is 3.87. The fraction of sp³-hybridized carbons (Fsp3) is 0.333. The van der Waals surface area contributed by atoms with Gasteiger partial charge in [-0.15, -0.1) is 0 Å². The number of carbonyl (C=O) groups is 1. The molecule has 0 aliphatic heterocycles. The maximum atomic E-state index is 11.7. The van der Waals surface area contributed by atoms with E-state index in [1.807, 2.05) is 18.5 Å². The molecule has 2 rings (SSSR count). The first-order valence-electron chi connectivity index (χ1n) is 5.44. The highest BCUT2D eigenvalue weighted by molar-refractivity contribution is 5.98. The highest BCUT2D eigenvalue weighted by atomic mass is 16.5. The number of nitrogens with zero attached hydrogens (tertiary/aromatic N) is 2. The van der Waals surface area contributed by atoms with Gasteiger partial charge in [-0.2, -0.15) is 0 Å². The van der Waals surface area contributed by atoms with Crippen LogP contribution >= 0.6 is 0 Å². The largest absolute Gasteiger partial charge is 0.462 e.